The molecule has 8 rings (SSSR count). The van der Waals surface area contributed by atoms with Crippen LogP contribution in [0.1, 0.15) is 116 Å². The number of anilines is 6. The van der Waals surface area contributed by atoms with E-state index in [9.17, 15) is 84.0 Å². The van der Waals surface area contributed by atoms with Gasteiger partial charge in [-0.3, -0.25) is 18.9 Å². The molecule has 0 aromatic heterocycles. The summed E-state index contributed by atoms with van der Waals surface area (Å²) < 4.78 is 197. The highest BCUT2D eigenvalue weighted by Gasteiger charge is 2.26. The minimum atomic E-state index is -3.70. The fourth-order valence-corrected chi connectivity index (χ4v) is 13.5. The average molecular weight is 1640 g/mol. The van der Waals surface area contributed by atoms with Gasteiger partial charge in [0.1, 0.15) is 35.7 Å². The van der Waals surface area contributed by atoms with Crippen LogP contribution in [0, 0.1) is 34.9 Å². The number of hydrogen-bond donors (Lipinski definition) is 8. The van der Waals surface area contributed by atoms with Crippen molar-refractivity contribution in [1.82, 2.24) is 0 Å². The highest BCUT2D eigenvalue weighted by Crippen LogP contribution is 2.30. The number of carboxylic acids is 2. The van der Waals surface area contributed by atoms with E-state index in [0.717, 1.165) is 36.4 Å². The normalized spacial score (nSPS) is 10.9. The van der Waals surface area contributed by atoms with Gasteiger partial charge in [0.05, 0.1) is 90.4 Å². The largest absolute Gasteiger partial charge is 0.478 e. The molecule has 8 aromatic rings. The van der Waals surface area contributed by atoms with Gasteiger partial charge in [0.2, 0.25) is 40.1 Å². The fraction of sp³-hybridized carbons (Fsp3) is 0.221. The van der Waals surface area contributed by atoms with Gasteiger partial charge >= 0.3 is 29.8 Å². The van der Waals surface area contributed by atoms with Gasteiger partial charge in [0.15, 0.2) is 29.1 Å². The number of hydrogen-bond acceptors (Lipinski definition) is 18. The Morgan fingerprint density at radius 1 is 0.396 bits per heavy atom. The van der Waals surface area contributed by atoms with E-state index in [1.54, 1.807) is 70.2 Å². The Labute approximate surface area is 627 Å². The van der Waals surface area contributed by atoms with E-state index in [1.165, 1.54) is 66.7 Å². The van der Waals surface area contributed by atoms with Crippen LogP contribution in [0.3, 0.4) is 0 Å². The molecule has 0 spiro atoms. The number of halogens is 10. The lowest BCUT2D eigenvalue weighted by atomic mass is 10.2. The van der Waals surface area contributed by atoms with E-state index >= 15 is 0 Å². The maximum absolute atomic E-state index is 14.6. The van der Waals surface area contributed by atoms with Gasteiger partial charge in [-0.1, -0.05) is 147 Å². The standard InChI is InChI=1S/C17H17ClFNO4S.C14H11ClFNO2.C11H14FNO4S.C10H11ClFNO4S.C10H12FNO4S.C6H5ClFN/c1-2-10-25(22,23)20-14-9-8-13(18)15(16(14)19)17(21)24-11-12-6-4-3-5-7-12;15-10-6-7-11(17)13(16)12(10)14(18)19-8-9-4-2-1-3-5-9;1-3-7-18(15,16)13-9-6-4-5-8(10(9)12)11(14)17-2;1-2-5-18(16,17)13-7-4-3-6(11)8(9(7)12)10(14)15;1-2-6-17(15,16)12-8-5-3-4-7(9(8)11)10(13)14;7-4-1-2-6(9)5(8)3-4/h3-9,20H,2,10-11H2,1H3;1-7H,8,17H2;4-6,13H,3,7H2,1-2H3;3-4,13H,2,5H2,1H3,(H,14,15);3-5,12H,2,6H2,1H3,(H,13,14);1-3H,9H2. The van der Waals surface area contributed by atoms with Crippen molar-refractivity contribution < 1.29 is 108 Å². The first-order valence-electron chi connectivity index (χ1n) is 30.7. The molecule has 24 nitrogen and oxygen atoms in total. The first-order valence-corrected chi connectivity index (χ1v) is 38.8. The smallest absolute Gasteiger partial charge is 0.343 e. The van der Waals surface area contributed by atoms with Gasteiger partial charge < -0.3 is 35.9 Å². The quantitative estimate of drug-likeness (QED) is 0.0114. The minimum Gasteiger partial charge on any atom is -0.478 e. The summed E-state index contributed by atoms with van der Waals surface area (Å²) in [6.45, 7) is 6.69. The number of carbonyl (C=O) groups is 5. The van der Waals surface area contributed by atoms with Crippen LogP contribution in [0.2, 0.25) is 20.1 Å². The summed E-state index contributed by atoms with van der Waals surface area (Å²) in [5, 5.41) is 17.3. The van der Waals surface area contributed by atoms with Crippen molar-refractivity contribution in [2.24, 2.45) is 0 Å². The molecular weight excluding hydrogens is 1570 g/mol. The lowest BCUT2D eigenvalue weighted by Gasteiger charge is -2.12. The summed E-state index contributed by atoms with van der Waals surface area (Å²) in [5.41, 5.74) is 8.21. The van der Waals surface area contributed by atoms with E-state index in [4.69, 9.17) is 77.6 Å². The Hall–Kier alpha value is -9.55. The molecular formula is C68H70Cl4F6N6O18S4. The average Bonchev–Trinajstić information content (AvgIpc) is 0.823. The molecule has 0 heterocycles. The number of nitrogen functional groups attached to an aromatic ring is 2. The number of esters is 3. The summed E-state index contributed by atoms with van der Waals surface area (Å²) >= 11 is 22.6. The van der Waals surface area contributed by atoms with Gasteiger partial charge in [0.25, 0.3) is 0 Å². The number of nitrogens with one attached hydrogen (secondary N) is 4. The number of ether oxygens (including phenoxy) is 3. The van der Waals surface area contributed by atoms with Crippen molar-refractivity contribution in [2.45, 2.75) is 66.6 Å². The van der Waals surface area contributed by atoms with Crippen LogP contribution in [0.15, 0.2) is 152 Å². The van der Waals surface area contributed by atoms with Gasteiger partial charge in [-0.15, -0.1) is 0 Å². The Bertz CT molecular complexity index is 4860. The van der Waals surface area contributed by atoms with Crippen molar-refractivity contribution >= 4 is 150 Å². The molecule has 0 aliphatic carbocycles. The lowest BCUT2D eigenvalue weighted by Crippen LogP contribution is -2.18. The molecule has 574 valence electrons. The third-order valence-electron chi connectivity index (χ3n) is 12.9. The molecule has 0 aliphatic heterocycles. The number of aromatic carboxylic acids is 2. The Morgan fingerprint density at radius 3 is 1.09 bits per heavy atom. The molecule has 0 saturated carbocycles. The van der Waals surface area contributed by atoms with Crippen LogP contribution >= 0.6 is 46.4 Å². The molecule has 0 aliphatic rings. The first kappa shape index (κ1) is 90.7. The molecule has 106 heavy (non-hydrogen) atoms. The third kappa shape index (κ3) is 29.8. The van der Waals surface area contributed by atoms with Gasteiger partial charge in [0, 0.05) is 5.02 Å². The van der Waals surface area contributed by atoms with Crippen LogP contribution in [0.5, 0.6) is 0 Å². The van der Waals surface area contributed by atoms with Crippen molar-refractivity contribution in [3.63, 3.8) is 0 Å². The Kier molecular flexibility index (Phi) is 36.9. The second-order valence-electron chi connectivity index (χ2n) is 21.3. The highest BCUT2D eigenvalue weighted by molar-refractivity contribution is 7.93. The number of methoxy groups -OCH3 is 1. The topological polar surface area (TPSA) is 390 Å². The monoisotopic (exact) mass is 1640 g/mol. The molecule has 8 aromatic carbocycles. The molecule has 0 amide bonds. The molecule has 0 fully saturated rings. The number of carbonyl (C=O) groups excluding carboxylic acids is 3. The third-order valence-corrected chi connectivity index (χ3v) is 20.0. The molecule has 0 radical (unpaired) electrons. The van der Waals surface area contributed by atoms with E-state index in [2.05, 4.69) is 14.2 Å². The molecule has 0 unspecified atom stereocenters. The summed E-state index contributed by atoms with van der Waals surface area (Å²) in [6.07, 6.45) is 1.52. The fourth-order valence-electron chi connectivity index (χ4n) is 8.10. The lowest BCUT2D eigenvalue weighted by molar-refractivity contribution is 0.0458. The van der Waals surface area contributed by atoms with E-state index in [-0.39, 0.29) is 90.9 Å². The van der Waals surface area contributed by atoms with Crippen molar-refractivity contribution in [3.05, 3.63) is 246 Å². The first-order chi connectivity index (χ1) is 49.7. The number of nitrogens with two attached hydrogens (primary N) is 2. The van der Waals surface area contributed by atoms with Gasteiger partial charge in [-0.25, -0.2) is 84.0 Å². The number of carboxylic acid groups (broad SMARTS) is 2. The van der Waals surface area contributed by atoms with Crippen LogP contribution in [-0.2, 0) is 67.5 Å². The number of rotatable bonds is 25. The van der Waals surface area contributed by atoms with Crippen LogP contribution in [0.4, 0.5) is 60.5 Å². The summed E-state index contributed by atoms with van der Waals surface area (Å²) in [7, 11) is -13.5. The summed E-state index contributed by atoms with van der Waals surface area (Å²) in [4.78, 5) is 56.7. The highest BCUT2D eigenvalue weighted by atomic mass is 35.5. The summed E-state index contributed by atoms with van der Waals surface area (Å²) in [5.74, 6) is -11.9. The zero-order valence-electron chi connectivity index (χ0n) is 56.5. The second kappa shape index (κ2) is 43.2. The molecule has 38 heteroatoms. The van der Waals surface area contributed by atoms with E-state index < -0.39 is 127 Å². The molecule has 0 saturated heterocycles. The van der Waals surface area contributed by atoms with Crippen molar-refractivity contribution in [1.29, 1.82) is 0 Å². The SMILES string of the molecule is CCCS(=O)(=O)Nc1ccc(Cl)c(C(=O)O)c1F.CCCS(=O)(=O)Nc1ccc(Cl)c(C(=O)OCc2ccccc2)c1F.CCCS(=O)(=O)Nc1cccc(C(=O)O)c1F.CCCS(=O)(=O)Nc1cccc(C(=O)OC)c1F.Nc1ccc(Cl)c(C(=O)OCc2ccccc2)c1F.Nc1ccc(Cl)cc1F. The van der Waals surface area contributed by atoms with Crippen LogP contribution in [0.25, 0.3) is 0 Å². The molecule has 0 atom stereocenters. The maximum Gasteiger partial charge on any atom is 0.343 e. The van der Waals surface area contributed by atoms with Gasteiger partial charge in [-0.2, -0.15) is 0 Å². The minimum absolute atomic E-state index is 0.0234. The zero-order chi connectivity index (χ0) is 79.9. The van der Waals surface area contributed by atoms with Crippen molar-refractivity contribution in [3.8, 4) is 0 Å². The summed E-state index contributed by atoms with van der Waals surface area (Å²) in [6, 6.07) is 36.7. The second-order valence-corrected chi connectivity index (χ2v) is 30.3. The Balaban J connectivity index is 0.000000336. The Morgan fingerprint density at radius 2 is 0.736 bits per heavy atom. The van der Waals surface area contributed by atoms with Gasteiger partial charge in [-0.05, 0) is 116 Å². The zero-order valence-corrected chi connectivity index (χ0v) is 62.8. The van der Waals surface area contributed by atoms with Crippen LogP contribution < -0.4 is 30.4 Å². The predicted molar refractivity (Wildman–Crippen MR) is 394 cm³/mol. The predicted octanol–water partition coefficient (Wildman–Crippen LogP) is 15.2. The number of benzene rings is 8. The molecule has 0 bridgehead atoms. The van der Waals surface area contributed by atoms with E-state index in [0.29, 0.717) is 30.7 Å². The van der Waals surface area contributed by atoms with Crippen molar-refractivity contribution in [2.75, 3.05) is 60.5 Å². The maximum atomic E-state index is 14.6. The number of sulfonamides is 4. The van der Waals surface area contributed by atoms with E-state index in [1.807, 2.05) is 33.7 Å². The van der Waals surface area contributed by atoms with Crippen LogP contribution in [-0.4, -0.2) is 104 Å². The molecule has 10 N–H and O–H groups in total.